The standard InChI is InChI=1S/C24H21F6N5O3/c25-23(26,27)16-3-12(4-17(8-16)24(28,29)30)11-38-22(37)35-10-15-6-18(35)5-14(15)9-31-21(36)13-1-2-19-20(7-13)33-34-32-19/h1-4,7-8,14-15,18H,5-6,9-11H2,(H,31,36)(H,32,33,34). The fourth-order valence-electron chi connectivity index (χ4n) is 5.17. The topological polar surface area (TPSA) is 100 Å². The number of amides is 2. The maximum atomic E-state index is 13.1. The van der Waals surface area contributed by atoms with Crippen LogP contribution in [0.15, 0.2) is 36.4 Å². The van der Waals surface area contributed by atoms with Gasteiger partial charge in [-0.1, -0.05) is 0 Å². The minimum Gasteiger partial charge on any atom is -0.445 e. The molecular weight excluding hydrogens is 520 g/mol. The van der Waals surface area contributed by atoms with Crippen LogP contribution in [0.5, 0.6) is 0 Å². The minimum atomic E-state index is -4.98. The highest BCUT2D eigenvalue weighted by Crippen LogP contribution is 2.42. The Labute approximate surface area is 211 Å². The second-order valence-electron chi connectivity index (χ2n) is 9.50. The molecule has 3 aromatic rings. The van der Waals surface area contributed by atoms with Crippen molar-refractivity contribution in [3.8, 4) is 0 Å². The number of carbonyl (C=O) groups excluding carboxylic acids is 2. The molecule has 5 rings (SSSR count). The molecule has 202 valence electrons. The van der Waals surface area contributed by atoms with Crippen molar-refractivity contribution in [2.24, 2.45) is 11.8 Å². The van der Waals surface area contributed by atoms with E-state index in [2.05, 4.69) is 20.7 Å². The number of aromatic amines is 1. The summed E-state index contributed by atoms with van der Waals surface area (Å²) in [6, 6.07) is 5.85. The van der Waals surface area contributed by atoms with Crippen LogP contribution >= 0.6 is 0 Å². The summed E-state index contributed by atoms with van der Waals surface area (Å²) >= 11 is 0. The number of H-pyrrole nitrogens is 1. The normalized spacial score (nSPS) is 21.2. The van der Waals surface area contributed by atoms with Crippen LogP contribution in [0.25, 0.3) is 11.0 Å². The van der Waals surface area contributed by atoms with Gasteiger partial charge in [-0.15, -0.1) is 0 Å². The summed E-state index contributed by atoms with van der Waals surface area (Å²) in [5, 5.41) is 13.3. The third-order valence-corrected chi connectivity index (χ3v) is 7.04. The van der Waals surface area contributed by atoms with Gasteiger partial charge in [0.2, 0.25) is 0 Å². The van der Waals surface area contributed by atoms with Crippen LogP contribution in [-0.2, 0) is 23.7 Å². The first-order chi connectivity index (χ1) is 17.9. The van der Waals surface area contributed by atoms with E-state index in [0.29, 0.717) is 54.7 Å². The lowest BCUT2D eigenvalue weighted by atomic mass is 9.94. The lowest BCUT2D eigenvalue weighted by Gasteiger charge is -2.31. The SMILES string of the molecule is O=C(NCC1CC2CC1CN2C(=O)OCc1cc(C(F)(F)F)cc(C(F)(F)F)c1)c1ccc2n[nH]nc2c1. The number of benzene rings is 2. The molecule has 0 radical (unpaired) electrons. The highest BCUT2D eigenvalue weighted by molar-refractivity contribution is 5.97. The average molecular weight is 541 g/mol. The molecule has 3 atom stereocenters. The second kappa shape index (κ2) is 9.48. The van der Waals surface area contributed by atoms with Crippen molar-refractivity contribution >= 4 is 23.0 Å². The Morgan fingerprint density at radius 3 is 2.29 bits per heavy atom. The highest BCUT2D eigenvalue weighted by Gasteiger charge is 2.47. The number of carbonyl (C=O) groups is 2. The first kappa shape index (κ1) is 25.8. The Balaban J connectivity index is 1.15. The zero-order valence-electron chi connectivity index (χ0n) is 19.6. The van der Waals surface area contributed by atoms with Crippen LogP contribution in [0.4, 0.5) is 31.1 Å². The largest absolute Gasteiger partial charge is 0.445 e. The van der Waals surface area contributed by atoms with E-state index in [4.69, 9.17) is 4.74 Å². The monoisotopic (exact) mass is 541 g/mol. The summed E-state index contributed by atoms with van der Waals surface area (Å²) in [5.74, 6) is -0.0777. The lowest BCUT2D eigenvalue weighted by Crippen LogP contribution is -2.43. The molecule has 0 spiro atoms. The molecule has 1 aromatic heterocycles. The quantitative estimate of drug-likeness (QED) is 0.454. The summed E-state index contributed by atoms with van der Waals surface area (Å²) in [6.45, 7) is -0.00933. The molecule has 3 unspecified atom stereocenters. The van der Waals surface area contributed by atoms with Crippen LogP contribution in [0.3, 0.4) is 0 Å². The van der Waals surface area contributed by atoms with Gasteiger partial charge >= 0.3 is 18.4 Å². The van der Waals surface area contributed by atoms with Crippen molar-refractivity contribution in [1.82, 2.24) is 25.6 Å². The van der Waals surface area contributed by atoms with Crippen LogP contribution in [0.1, 0.15) is 39.9 Å². The molecule has 8 nitrogen and oxygen atoms in total. The van der Waals surface area contributed by atoms with Gasteiger partial charge in [-0.2, -0.15) is 41.8 Å². The molecule has 2 bridgehead atoms. The van der Waals surface area contributed by atoms with E-state index in [1.54, 1.807) is 18.2 Å². The van der Waals surface area contributed by atoms with Crippen molar-refractivity contribution in [2.45, 2.75) is 37.8 Å². The molecule has 2 heterocycles. The van der Waals surface area contributed by atoms with Crippen molar-refractivity contribution < 1.29 is 40.7 Å². The average Bonchev–Trinajstić information content (AvgIpc) is 3.60. The van der Waals surface area contributed by atoms with Gasteiger partial charge in [0.05, 0.1) is 11.1 Å². The second-order valence-corrected chi connectivity index (χ2v) is 9.50. The van der Waals surface area contributed by atoms with Crippen molar-refractivity contribution in [3.05, 3.63) is 58.7 Å². The number of nitrogens with one attached hydrogen (secondary N) is 2. The summed E-state index contributed by atoms with van der Waals surface area (Å²) in [5.41, 5.74) is -1.71. The van der Waals surface area contributed by atoms with Gasteiger partial charge in [-0.05, 0) is 66.6 Å². The van der Waals surface area contributed by atoms with Gasteiger partial charge in [-0.3, -0.25) is 4.79 Å². The molecule has 1 aliphatic carbocycles. The molecule has 2 amide bonds. The van der Waals surface area contributed by atoms with Crippen molar-refractivity contribution in [1.29, 1.82) is 0 Å². The smallest absolute Gasteiger partial charge is 0.416 e. The van der Waals surface area contributed by atoms with E-state index < -0.39 is 41.7 Å². The number of hydrogen-bond acceptors (Lipinski definition) is 5. The number of aromatic nitrogens is 3. The van der Waals surface area contributed by atoms with E-state index in [1.165, 1.54) is 4.90 Å². The molecule has 2 N–H and O–H groups in total. The Kier molecular flexibility index (Phi) is 6.43. The van der Waals surface area contributed by atoms with Crippen LogP contribution < -0.4 is 5.32 Å². The van der Waals surface area contributed by atoms with Gasteiger partial charge in [0.1, 0.15) is 17.6 Å². The van der Waals surface area contributed by atoms with Gasteiger partial charge in [0, 0.05) is 24.7 Å². The van der Waals surface area contributed by atoms with Gasteiger partial charge < -0.3 is 15.0 Å². The highest BCUT2D eigenvalue weighted by atomic mass is 19.4. The number of nitrogens with zero attached hydrogens (tertiary/aromatic N) is 3. The Morgan fingerprint density at radius 1 is 0.974 bits per heavy atom. The summed E-state index contributed by atoms with van der Waals surface area (Å²) in [6.07, 6.45) is -9.51. The number of likely N-dealkylation sites (tertiary alicyclic amines) is 1. The molecule has 2 aromatic carbocycles. The van der Waals surface area contributed by atoms with E-state index in [0.717, 1.165) is 0 Å². The maximum absolute atomic E-state index is 13.1. The minimum absolute atomic E-state index is 0.0242. The Morgan fingerprint density at radius 2 is 1.66 bits per heavy atom. The molecule has 38 heavy (non-hydrogen) atoms. The predicted molar refractivity (Wildman–Crippen MR) is 120 cm³/mol. The molecule has 1 aliphatic heterocycles. The third-order valence-electron chi connectivity index (χ3n) is 7.04. The summed E-state index contributed by atoms with van der Waals surface area (Å²) in [7, 11) is 0. The first-order valence-corrected chi connectivity index (χ1v) is 11.7. The fraction of sp³-hybridized carbons (Fsp3) is 0.417. The van der Waals surface area contributed by atoms with Crippen LogP contribution in [0.2, 0.25) is 0 Å². The number of ether oxygens (including phenoxy) is 1. The van der Waals surface area contributed by atoms with E-state index in [-0.39, 0.29) is 29.9 Å². The van der Waals surface area contributed by atoms with Crippen molar-refractivity contribution in [2.75, 3.05) is 13.1 Å². The molecule has 2 fully saturated rings. The Hall–Kier alpha value is -3.84. The number of hydrogen-bond donors (Lipinski definition) is 2. The molecular formula is C24H21F6N5O3. The molecule has 1 saturated carbocycles. The van der Waals surface area contributed by atoms with Gasteiger partial charge in [-0.25, -0.2) is 4.79 Å². The van der Waals surface area contributed by atoms with Crippen LogP contribution in [-0.4, -0.2) is 51.4 Å². The zero-order chi connectivity index (χ0) is 27.2. The third kappa shape index (κ3) is 5.24. The zero-order valence-corrected chi connectivity index (χ0v) is 19.6. The van der Waals surface area contributed by atoms with Gasteiger partial charge in [0.15, 0.2) is 0 Å². The fourth-order valence-corrected chi connectivity index (χ4v) is 5.17. The number of piperidine rings is 1. The number of fused-ring (bicyclic) bond motifs is 3. The number of alkyl halides is 6. The molecule has 14 heteroatoms. The van der Waals surface area contributed by atoms with E-state index in [9.17, 15) is 35.9 Å². The molecule has 2 aliphatic rings. The molecule has 1 saturated heterocycles. The first-order valence-electron chi connectivity index (χ1n) is 11.7. The van der Waals surface area contributed by atoms with Crippen LogP contribution in [0, 0.1) is 11.8 Å². The van der Waals surface area contributed by atoms with E-state index >= 15 is 0 Å². The number of rotatable bonds is 5. The lowest BCUT2D eigenvalue weighted by molar-refractivity contribution is -0.143. The van der Waals surface area contributed by atoms with Gasteiger partial charge in [0.25, 0.3) is 5.91 Å². The predicted octanol–water partition coefficient (Wildman–Crippen LogP) is 4.77. The Bertz CT molecular complexity index is 1340. The summed E-state index contributed by atoms with van der Waals surface area (Å²) < 4.78 is 83.5. The summed E-state index contributed by atoms with van der Waals surface area (Å²) in [4.78, 5) is 26.6. The maximum Gasteiger partial charge on any atom is 0.416 e. The van der Waals surface area contributed by atoms with E-state index in [1.807, 2.05) is 0 Å². The van der Waals surface area contributed by atoms with Crippen molar-refractivity contribution in [3.63, 3.8) is 0 Å². The number of halogens is 6.